The number of amides is 1. The molecule has 4 nitrogen and oxygen atoms in total. The van der Waals surface area contributed by atoms with Crippen LogP contribution in [0, 0.1) is 5.41 Å². The second kappa shape index (κ2) is 3.36. The SMILES string of the molecule is CC1(C)CCN(C(=O)C(=O)O)CC1. The molecule has 1 rings (SSSR count). The van der Waals surface area contributed by atoms with Crippen LogP contribution in [-0.2, 0) is 9.59 Å². The summed E-state index contributed by atoms with van der Waals surface area (Å²) in [5.41, 5.74) is 0.245. The zero-order chi connectivity index (χ0) is 10.1. The van der Waals surface area contributed by atoms with E-state index in [2.05, 4.69) is 13.8 Å². The van der Waals surface area contributed by atoms with Crippen LogP contribution < -0.4 is 0 Å². The number of piperidine rings is 1. The molecule has 0 saturated carbocycles. The van der Waals surface area contributed by atoms with Gasteiger partial charge in [-0.3, -0.25) is 4.79 Å². The number of likely N-dealkylation sites (tertiary alicyclic amines) is 1. The van der Waals surface area contributed by atoms with Crippen LogP contribution in [0.2, 0.25) is 0 Å². The van der Waals surface area contributed by atoms with Gasteiger partial charge in [-0.1, -0.05) is 13.8 Å². The van der Waals surface area contributed by atoms with Crippen molar-refractivity contribution in [3.05, 3.63) is 0 Å². The molecular formula is C9H15NO3. The quantitative estimate of drug-likeness (QED) is 0.566. The van der Waals surface area contributed by atoms with E-state index in [4.69, 9.17) is 5.11 Å². The van der Waals surface area contributed by atoms with Crippen molar-refractivity contribution in [2.24, 2.45) is 5.41 Å². The fourth-order valence-corrected chi connectivity index (χ4v) is 1.45. The van der Waals surface area contributed by atoms with Gasteiger partial charge in [0, 0.05) is 13.1 Å². The summed E-state index contributed by atoms with van der Waals surface area (Å²) in [6, 6.07) is 0. The molecule has 0 bridgehead atoms. The van der Waals surface area contributed by atoms with E-state index >= 15 is 0 Å². The highest BCUT2D eigenvalue weighted by molar-refractivity contribution is 6.31. The van der Waals surface area contributed by atoms with E-state index in [1.807, 2.05) is 0 Å². The lowest BCUT2D eigenvalue weighted by Gasteiger charge is -2.35. The van der Waals surface area contributed by atoms with Crippen LogP contribution in [0.3, 0.4) is 0 Å². The second-order valence-corrected chi connectivity index (χ2v) is 4.26. The van der Waals surface area contributed by atoms with Gasteiger partial charge in [-0.05, 0) is 18.3 Å². The predicted molar refractivity (Wildman–Crippen MR) is 47.2 cm³/mol. The van der Waals surface area contributed by atoms with Crippen molar-refractivity contribution in [2.45, 2.75) is 26.7 Å². The third kappa shape index (κ3) is 2.44. The third-order valence-electron chi connectivity index (χ3n) is 2.59. The minimum absolute atomic E-state index is 0.245. The molecule has 0 spiro atoms. The summed E-state index contributed by atoms with van der Waals surface area (Å²) in [5, 5.41) is 8.47. The number of carbonyl (C=O) groups excluding carboxylic acids is 1. The second-order valence-electron chi connectivity index (χ2n) is 4.26. The summed E-state index contributed by atoms with van der Waals surface area (Å²) in [5.74, 6) is -2.12. The predicted octanol–water partition coefficient (Wildman–Crippen LogP) is 0.720. The summed E-state index contributed by atoms with van der Waals surface area (Å²) in [6.45, 7) is 5.40. The van der Waals surface area contributed by atoms with E-state index in [9.17, 15) is 9.59 Å². The number of aliphatic carboxylic acids is 1. The van der Waals surface area contributed by atoms with Crippen LogP contribution in [0.1, 0.15) is 26.7 Å². The Morgan fingerprint density at radius 3 is 2.08 bits per heavy atom. The molecule has 0 aromatic heterocycles. The number of hydrogen-bond donors (Lipinski definition) is 1. The topological polar surface area (TPSA) is 57.6 Å². The lowest BCUT2D eigenvalue weighted by atomic mass is 9.83. The highest BCUT2D eigenvalue weighted by atomic mass is 16.4. The fraction of sp³-hybridized carbons (Fsp3) is 0.778. The number of carbonyl (C=O) groups is 2. The highest BCUT2D eigenvalue weighted by Gasteiger charge is 2.30. The molecular weight excluding hydrogens is 170 g/mol. The first kappa shape index (κ1) is 10.0. The Hall–Kier alpha value is -1.06. The van der Waals surface area contributed by atoms with Crippen LogP contribution in [0.15, 0.2) is 0 Å². The van der Waals surface area contributed by atoms with Crippen molar-refractivity contribution in [2.75, 3.05) is 13.1 Å². The van der Waals surface area contributed by atoms with Gasteiger partial charge >= 0.3 is 11.9 Å². The standard InChI is InChI=1S/C9H15NO3/c1-9(2)3-5-10(6-4-9)7(11)8(12)13/h3-6H2,1-2H3,(H,12,13). The van der Waals surface area contributed by atoms with Gasteiger partial charge < -0.3 is 10.0 Å². The van der Waals surface area contributed by atoms with E-state index in [0.29, 0.717) is 13.1 Å². The summed E-state index contributed by atoms with van der Waals surface area (Å²) < 4.78 is 0. The van der Waals surface area contributed by atoms with Crippen molar-refractivity contribution in [3.63, 3.8) is 0 Å². The Balaban J connectivity index is 2.50. The highest BCUT2D eigenvalue weighted by Crippen LogP contribution is 2.29. The lowest BCUT2D eigenvalue weighted by molar-refractivity contribution is -0.157. The molecule has 1 aliphatic rings. The van der Waals surface area contributed by atoms with E-state index in [1.54, 1.807) is 0 Å². The normalized spacial score (nSPS) is 21.2. The van der Waals surface area contributed by atoms with Crippen molar-refractivity contribution < 1.29 is 14.7 Å². The van der Waals surface area contributed by atoms with E-state index in [0.717, 1.165) is 12.8 Å². The molecule has 0 aromatic rings. The van der Waals surface area contributed by atoms with Gasteiger partial charge in [0.25, 0.3) is 0 Å². The first-order valence-electron chi connectivity index (χ1n) is 4.45. The first-order valence-corrected chi connectivity index (χ1v) is 4.45. The maximum Gasteiger partial charge on any atom is 0.394 e. The Kier molecular flexibility index (Phi) is 2.59. The van der Waals surface area contributed by atoms with Gasteiger partial charge in [0.15, 0.2) is 0 Å². The number of nitrogens with zero attached hydrogens (tertiary/aromatic N) is 1. The minimum Gasteiger partial charge on any atom is -0.474 e. The molecule has 0 aliphatic carbocycles. The number of rotatable bonds is 0. The zero-order valence-corrected chi connectivity index (χ0v) is 8.04. The maximum absolute atomic E-state index is 11.0. The van der Waals surface area contributed by atoms with Crippen molar-refractivity contribution in [3.8, 4) is 0 Å². The van der Waals surface area contributed by atoms with Gasteiger partial charge in [0.1, 0.15) is 0 Å². The monoisotopic (exact) mass is 185 g/mol. The maximum atomic E-state index is 11.0. The van der Waals surface area contributed by atoms with Crippen LogP contribution in [-0.4, -0.2) is 35.0 Å². The number of carboxylic acid groups (broad SMARTS) is 1. The molecule has 1 aliphatic heterocycles. The Bertz CT molecular complexity index is 225. The van der Waals surface area contributed by atoms with Crippen LogP contribution >= 0.6 is 0 Å². The number of hydrogen-bond acceptors (Lipinski definition) is 2. The Labute approximate surface area is 77.5 Å². The summed E-state index contributed by atoms with van der Waals surface area (Å²) in [7, 11) is 0. The third-order valence-corrected chi connectivity index (χ3v) is 2.59. The molecule has 0 radical (unpaired) electrons. The van der Waals surface area contributed by atoms with Crippen LogP contribution in [0.5, 0.6) is 0 Å². The van der Waals surface area contributed by atoms with E-state index in [-0.39, 0.29) is 5.41 Å². The molecule has 1 amide bonds. The lowest BCUT2D eigenvalue weighted by Crippen LogP contribution is -2.44. The average Bonchev–Trinajstić information content (AvgIpc) is 2.03. The molecule has 1 saturated heterocycles. The van der Waals surface area contributed by atoms with Gasteiger partial charge in [-0.2, -0.15) is 0 Å². The molecule has 4 heteroatoms. The minimum atomic E-state index is -1.35. The van der Waals surface area contributed by atoms with E-state index in [1.165, 1.54) is 4.90 Å². The Morgan fingerprint density at radius 2 is 1.69 bits per heavy atom. The average molecular weight is 185 g/mol. The van der Waals surface area contributed by atoms with Crippen LogP contribution in [0.25, 0.3) is 0 Å². The summed E-state index contributed by atoms with van der Waals surface area (Å²) in [4.78, 5) is 22.8. The van der Waals surface area contributed by atoms with Gasteiger partial charge in [-0.25, -0.2) is 4.79 Å². The largest absolute Gasteiger partial charge is 0.474 e. The Morgan fingerprint density at radius 1 is 1.23 bits per heavy atom. The summed E-state index contributed by atoms with van der Waals surface area (Å²) >= 11 is 0. The number of carboxylic acids is 1. The zero-order valence-electron chi connectivity index (χ0n) is 8.04. The van der Waals surface area contributed by atoms with Crippen molar-refractivity contribution in [1.29, 1.82) is 0 Å². The molecule has 0 atom stereocenters. The van der Waals surface area contributed by atoms with Crippen molar-refractivity contribution >= 4 is 11.9 Å². The molecule has 0 unspecified atom stereocenters. The summed E-state index contributed by atoms with van der Waals surface area (Å²) in [6.07, 6.45) is 1.76. The fourth-order valence-electron chi connectivity index (χ4n) is 1.45. The molecule has 1 fully saturated rings. The molecule has 1 heterocycles. The molecule has 0 aromatic carbocycles. The van der Waals surface area contributed by atoms with Crippen molar-refractivity contribution in [1.82, 2.24) is 4.90 Å². The first-order chi connectivity index (χ1) is 5.92. The van der Waals surface area contributed by atoms with Gasteiger partial charge in [-0.15, -0.1) is 0 Å². The van der Waals surface area contributed by atoms with Gasteiger partial charge in [0.2, 0.25) is 0 Å². The van der Waals surface area contributed by atoms with Crippen LogP contribution in [0.4, 0.5) is 0 Å². The van der Waals surface area contributed by atoms with Gasteiger partial charge in [0.05, 0.1) is 0 Å². The molecule has 1 N–H and O–H groups in total. The molecule has 74 valence electrons. The molecule has 13 heavy (non-hydrogen) atoms. The van der Waals surface area contributed by atoms with E-state index < -0.39 is 11.9 Å². The smallest absolute Gasteiger partial charge is 0.394 e.